The molecule has 2 heteroatoms. The first-order valence-electron chi connectivity index (χ1n) is 11.1. The van der Waals surface area contributed by atoms with Crippen molar-refractivity contribution in [2.45, 2.75) is 0 Å². The molecule has 3 aromatic rings. The Kier molecular flexibility index (Phi) is 3.79. The van der Waals surface area contributed by atoms with Crippen molar-refractivity contribution in [3.63, 3.8) is 0 Å². The molecule has 0 fully saturated rings. The first-order valence-corrected chi connectivity index (χ1v) is 15.5. The molecule has 1 unspecified atom stereocenters. The van der Waals surface area contributed by atoms with Gasteiger partial charge < -0.3 is 0 Å². The van der Waals surface area contributed by atoms with E-state index in [1.165, 1.54) is 46.9 Å². The summed E-state index contributed by atoms with van der Waals surface area (Å²) < 4.78 is 4.56. The van der Waals surface area contributed by atoms with Gasteiger partial charge >= 0.3 is 191 Å². The third-order valence-corrected chi connectivity index (χ3v) is 16.5. The summed E-state index contributed by atoms with van der Waals surface area (Å²) in [5.41, 5.74) is 8.06. The molecule has 4 aliphatic heterocycles. The van der Waals surface area contributed by atoms with E-state index in [0.717, 1.165) is 0 Å². The van der Waals surface area contributed by atoms with Crippen LogP contribution in [-0.2, 0) is 0 Å². The molecule has 3 aromatic carbocycles. The molecule has 1 atom stereocenters. The van der Waals surface area contributed by atoms with Crippen molar-refractivity contribution in [3.8, 4) is 0 Å². The Bertz CT molecular complexity index is 1470. The van der Waals surface area contributed by atoms with Crippen molar-refractivity contribution in [2.75, 3.05) is 4.90 Å². The third kappa shape index (κ3) is 2.24. The zero-order chi connectivity index (χ0) is 21.1. The summed E-state index contributed by atoms with van der Waals surface area (Å²) in [6.45, 7) is 0. The summed E-state index contributed by atoms with van der Waals surface area (Å²) in [4.78, 5) is 4.93. The summed E-state index contributed by atoms with van der Waals surface area (Å²) in [5.74, 6) is 0. The van der Waals surface area contributed by atoms with Gasteiger partial charge in [0.05, 0.1) is 0 Å². The number of anilines is 1. The number of fused-ring (bicyclic) bond motifs is 9. The zero-order valence-electron chi connectivity index (χ0n) is 17.6. The molecule has 4 aliphatic rings. The van der Waals surface area contributed by atoms with Crippen LogP contribution in [0.1, 0.15) is 11.1 Å². The summed E-state index contributed by atoms with van der Waals surface area (Å²) in [6, 6.07) is 29.3. The first-order chi connectivity index (χ1) is 15.9. The third-order valence-electron chi connectivity index (χ3n) is 7.06. The maximum absolute atomic E-state index is 3.01. The zero-order valence-corrected chi connectivity index (χ0v) is 19.7. The molecule has 150 valence electrons. The van der Waals surface area contributed by atoms with Gasteiger partial charge in [0.2, 0.25) is 0 Å². The van der Waals surface area contributed by atoms with Crippen LogP contribution in [0.15, 0.2) is 137 Å². The standard InChI is InChI=1S/C30H21GeN/c1-2-12-22(13-3-1)31-20-10-8-17-26(31)29-24-15-5-7-18-27(24)32-21-11-9-19-28(32)30(29)23-14-4-6-16-25(23)31/h1-21H. The van der Waals surface area contributed by atoms with E-state index < -0.39 is 13.3 Å². The minimum atomic E-state index is -3.01. The molecule has 0 N–H and O–H groups in total. The van der Waals surface area contributed by atoms with Gasteiger partial charge in [-0.15, -0.1) is 0 Å². The van der Waals surface area contributed by atoms with Crippen LogP contribution < -0.4 is 13.7 Å². The number of hydrogen-bond donors (Lipinski definition) is 0. The minimum absolute atomic E-state index is 1.26. The molecule has 0 saturated heterocycles. The number of benzene rings is 3. The average Bonchev–Trinajstić information content (AvgIpc) is 2.89. The van der Waals surface area contributed by atoms with Crippen molar-refractivity contribution in [2.24, 2.45) is 0 Å². The second kappa shape index (κ2) is 6.72. The number of hydrogen-bond acceptors (Lipinski definition) is 1. The second-order valence-electron chi connectivity index (χ2n) is 8.57. The van der Waals surface area contributed by atoms with Crippen LogP contribution in [0.2, 0.25) is 0 Å². The predicted octanol–water partition coefficient (Wildman–Crippen LogP) is 5.54. The summed E-state index contributed by atoms with van der Waals surface area (Å²) in [5, 5.41) is 0. The quantitative estimate of drug-likeness (QED) is 0.425. The van der Waals surface area contributed by atoms with E-state index in [4.69, 9.17) is 0 Å². The van der Waals surface area contributed by atoms with Gasteiger partial charge in [-0.25, -0.2) is 0 Å². The van der Waals surface area contributed by atoms with Crippen LogP contribution >= 0.6 is 0 Å². The number of para-hydroxylation sites is 1. The first kappa shape index (κ1) is 18.1. The Morgan fingerprint density at radius 3 is 2.25 bits per heavy atom. The number of rotatable bonds is 1. The van der Waals surface area contributed by atoms with E-state index in [0.29, 0.717) is 0 Å². The van der Waals surface area contributed by atoms with Crippen molar-refractivity contribution in [1.29, 1.82) is 0 Å². The molecule has 0 amide bonds. The molecule has 32 heavy (non-hydrogen) atoms. The summed E-state index contributed by atoms with van der Waals surface area (Å²) in [7, 11) is 0. The molecule has 0 saturated carbocycles. The van der Waals surface area contributed by atoms with Crippen LogP contribution in [0, 0.1) is 0 Å². The van der Waals surface area contributed by atoms with Crippen molar-refractivity contribution in [1.82, 2.24) is 0 Å². The Hall–Kier alpha value is -3.56. The van der Waals surface area contributed by atoms with E-state index in [9.17, 15) is 0 Å². The Morgan fingerprint density at radius 1 is 0.594 bits per heavy atom. The van der Waals surface area contributed by atoms with Crippen LogP contribution in [0.4, 0.5) is 5.69 Å². The van der Waals surface area contributed by atoms with E-state index in [1.807, 2.05) is 0 Å². The molecule has 0 bridgehead atoms. The molecule has 7 rings (SSSR count). The summed E-state index contributed by atoms with van der Waals surface area (Å²) in [6.07, 6.45) is 15.7. The topological polar surface area (TPSA) is 3.24 Å². The second-order valence-corrected chi connectivity index (χ2v) is 16.1. The predicted molar refractivity (Wildman–Crippen MR) is 137 cm³/mol. The van der Waals surface area contributed by atoms with Crippen molar-refractivity contribution in [3.05, 3.63) is 148 Å². The van der Waals surface area contributed by atoms with E-state index in [-0.39, 0.29) is 0 Å². The molecule has 1 nitrogen and oxygen atoms in total. The average molecular weight is 468 g/mol. The Morgan fingerprint density at radius 2 is 1.34 bits per heavy atom. The summed E-state index contributed by atoms with van der Waals surface area (Å²) >= 11 is -3.01. The maximum atomic E-state index is 2.57. The van der Waals surface area contributed by atoms with Crippen molar-refractivity contribution >= 4 is 38.9 Å². The van der Waals surface area contributed by atoms with E-state index >= 15 is 0 Å². The van der Waals surface area contributed by atoms with E-state index in [1.54, 1.807) is 0 Å². The number of allylic oxidation sites excluding steroid dienone is 9. The van der Waals surface area contributed by atoms with E-state index in [2.05, 4.69) is 131 Å². The monoisotopic (exact) mass is 469 g/mol. The number of nitrogens with zero attached hydrogens (tertiary/aromatic N) is 1. The molecule has 0 aliphatic carbocycles. The van der Waals surface area contributed by atoms with Gasteiger partial charge in [-0.05, 0) is 0 Å². The van der Waals surface area contributed by atoms with Gasteiger partial charge in [0.15, 0.2) is 0 Å². The van der Waals surface area contributed by atoms with Crippen LogP contribution in [0.3, 0.4) is 0 Å². The Labute approximate surface area is 191 Å². The van der Waals surface area contributed by atoms with Crippen molar-refractivity contribution < 1.29 is 0 Å². The molecular weight excluding hydrogens is 447 g/mol. The molecule has 4 heterocycles. The van der Waals surface area contributed by atoms with Crippen LogP contribution in [0.5, 0.6) is 0 Å². The molecule has 0 aromatic heterocycles. The fourth-order valence-corrected chi connectivity index (χ4v) is 15.4. The normalized spacial score (nSPS) is 21.7. The van der Waals surface area contributed by atoms with Gasteiger partial charge in [0.25, 0.3) is 0 Å². The molecular formula is C30H21GeN. The van der Waals surface area contributed by atoms with Crippen LogP contribution in [-0.4, -0.2) is 13.3 Å². The fraction of sp³-hybridized carbons (Fsp3) is 0. The van der Waals surface area contributed by atoms with Gasteiger partial charge in [0, 0.05) is 0 Å². The Balaban J connectivity index is 1.70. The van der Waals surface area contributed by atoms with Crippen LogP contribution in [0.25, 0.3) is 11.1 Å². The van der Waals surface area contributed by atoms with Gasteiger partial charge in [-0.3, -0.25) is 0 Å². The van der Waals surface area contributed by atoms with Gasteiger partial charge in [-0.2, -0.15) is 0 Å². The molecule has 0 spiro atoms. The molecule has 0 radical (unpaired) electrons. The van der Waals surface area contributed by atoms with Gasteiger partial charge in [-0.1, -0.05) is 0 Å². The SMILES string of the molecule is C1=CC2=C3C(=[C]4C=CC=[CH][Ge]4([c]4ccccc4)[c]4ccccc43)c3ccccc3N2C=C1. The van der Waals surface area contributed by atoms with Gasteiger partial charge in [0.1, 0.15) is 0 Å². The fourth-order valence-electron chi connectivity index (χ4n) is 5.81.